The van der Waals surface area contributed by atoms with E-state index in [-0.39, 0.29) is 23.1 Å². The molecule has 0 aliphatic carbocycles. The summed E-state index contributed by atoms with van der Waals surface area (Å²) < 4.78 is 4.51. The lowest BCUT2D eigenvalue weighted by Gasteiger charge is -2.15. The van der Waals surface area contributed by atoms with Crippen LogP contribution in [-0.4, -0.2) is 29.0 Å². The van der Waals surface area contributed by atoms with Crippen LogP contribution in [0.2, 0.25) is 0 Å². The molecular weight excluding hydrogens is 250 g/mol. The Morgan fingerprint density at radius 1 is 1.53 bits per heavy atom. The van der Waals surface area contributed by atoms with E-state index in [1.165, 1.54) is 19.4 Å². The lowest BCUT2D eigenvalue weighted by molar-refractivity contribution is -0.384. The molecule has 0 aliphatic rings. The van der Waals surface area contributed by atoms with Crippen molar-refractivity contribution in [2.24, 2.45) is 0 Å². The largest absolute Gasteiger partial charge is 0.465 e. The van der Waals surface area contributed by atoms with Gasteiger partial charge >= 0.3 is 11.7 Å². The fourth-order valence-corrected chi connectivity index (χ4v) is 1.62. The highest BCUT2D eigenvalue weighted by atomic mass is 16.6. The van der Waals surface area contributed by atoms with Crippen molar-refractivity contribution in [2.45, 2.75) is 32.7 Å². The summed E-state index contributed by atoms with van der Waals surface area (Å²) in [6.45, 7) is 3.96. The molecule has 1 rings (SSSR count). The van der Waals surface area contributed by atoms with E-state index in [2.05, 4.69) is 15.0 Å². The van der Waals surface area contributed by atoms with Crippen LogP contribution in [0.25, 0.3) is 0 Å². The van der Waals surface area contributed by atoms with Crippen molar-refractivity contribution < 1.29 is 14.5 Å². The number of carbonyl (C=O) groups excluding carboxylic acids is 1. The predicted molar refractivity (Wildman–Crippen MR) is 70.2 cm³/mol. The van der Waals surface area contributed by atoms with Gasteiger partial charge in [0.2, 0.25) is 5.82 Å². The maximum Gasteiger partial charge on any atom is 0.339 e. The Bertz CT molecular complexity index is 472. The Hall–Kier alpha value is -2.18. The molecule has 0 saturated carbocycles. The Labute approximate surface area is 111 Å². The second-order valence-corrected chi connectivity index (χ2v) is 4.00. The zero-order valence-corrected chi connectivity index (χ0v) is 11.2. The van der Waals surface area contributed by atoms with Crippen molar-refractivity contribution >= 4 is 17.5 Å². The smallest absolute Gasteiger partial charge is 0.339 e. The maximum absolute atomic E-state index is 11.3. The number of methoxy groups -OCH3 is 1. The number of ether oxygens (including phenoxy) is 1. The van der Waals surface area contributed by atoms with E-state index in [0.717, 1.165) is 12.8 Å². The first-order valence-corrected chi connectivity index (χ1v) is 6.02. The summed E-state index contributed by atoms with van der Waals surface area (Å²) >= 11 is 0. The Kier molecular flexibility index (Phi) is 5.23. The molecule has 1 aromatic rings. The predicted octanol–water partition coefficient (Wildman–Crippen LogP) is 2.38. The molecule has 19 heavy (non-hydrogen) atoms. The molecule has 0 spiro atoms. The molecule has 7 nitrogen and oxygen atoms in total. The van der Waals surface area contributed by atoms with Gasteiger partial charge in [-0.2, -0.15) is 0 Å². The molecule has 7 heteroatoms. The SMILES string of the molecule is CCC(CC)Nc1ncc(C(=O)OC)cc1[N+](=O)[O-]. The van der Waals surface area contributed by atoms with Crippen molar-refractivity contribution in [3.8, 4) is 0 Å². The van der Waals surface area contributed by atoms with Crippen molar-refractivity contribution in [1.29, 1.82) is 0 Å². The lowest BCUT2D eigenvalue weighted by atomic mass is 10.1. The molecule has 0 atom stereocenters. The molecule has 0 radical (unpaired) electrons. The van der Waals surface area contributed by atoms with E-state index in [0.29, 0.717) is 0 Å². The molecular formula is C12H17N3O4. The lowest BCUT2D eigenvalue weighted by Crippen LogP contribution is -2.19. The van der Waals surface area contributed by atoms with Gasteiger partial charge in [-0.15, -0.1) is 0 Å². The van der Waals surface area contributed by atoms with Gasteiger partial charge in [0.1, 0.15) is 0 Å². The fraction of sp³-hybridized carbons (Fsp3) is 0.500. The Balaban J connectivity index is 3.11. The van der Waals surface area contributed by atoms with Crippen molar-refractivity contribution in [2.75, 3.05) is 12.4 Å². The quantitative estimate of drug-likeness (QED) is 0.483. The molecule has 104 valence electrons. The minimum Gasteiger partial charge on any atom is -0.465 e. The van der Waals surface area contributed by atoms with Crippen LogP contribution in [0.1, 0.15) is 37.0 Å². The summed E-state index contributed by atoms with van der Waals surface area (Å²) in [5, 5.41) is 14.0. The van der Waals surface area contributed by atoms with E-state index >= 15 is 0 Å². The van der Waals surface area contributed by atoms with Crippen LogP contribution in [0.4, 0.5) is 11.5 Å². The Morgan fingerprint density at radius 3 is 2.63 bits per heavy atom. The fourth-order valence-electron chi connectivity index (χ4n) is 1.62. The van der Waals surface area contributed by atoms with Gasteiger partial charge in [0.25, 0.3) is 0 Å². The summed E-state index contributed by atoms with van der Waals surface area (Å²) in [5.41, 5.74) is -0.168. The second-order valence-electron chi connectivity index (χ2n) is 4.00. The van der Waals surface area contributed by atoms with E-state index in [1.54, 1.807) is 0 Å². The third-order valence-corrected chi connectivity index (χ3v) is 2.81. The summed E-state index contributed by atoms with van der Waals surface area (Å²) in [4.78, 5) is 25.7. The van der Waals surface area contributed by atoms with E-state index in [9.17, 15) is 14.9 Å². The van der Waals surface area contributed by atoms with Crippen LogP contribution >= 0.6 is 0 Å². The van der Waals surface area contributed by atoms with Gasteiger partial charge in [0.05, 0.1) is 17.6 Å². The van der Waals surface area contributed by atoms with Crippen molar-refractivity contribution in [1.82, 2.24) is 4.98 Å². The van der Waals surface area contributed by atoms with E-state index in [4.69, 9.17) is 0 Å². The number of hydrogen-bond donors (Lipinski definition) is 1. The van der Waals surface area contributed by atoms with Crippen LogP contribution in [-0.2, 0) is 4.74 Å². The average molecular weight is 267 g/mol. The minimum atomic E-state index is -0.648. The van der Waals surface area contributed by atoms with E-state index < -0.39 is 10.9 Å². The number of nitro groups is 1. The first-order chi connectivity index (χ1) is 9.03. The van der Waals surface area contributed by atoms with E-state index in [1.807, 2.05) is 13.8 Å². The molecule has 0 aliphatic heterocycles. The summed E-state index contributed by atoms with van der Waals surface area (Å²) in [6, 6.07) is 1.28. The average Bonchev–Trinajstić information content (AvgIpc) is 2.43. The molecule has 1 aromatic heterocycles. The van der Waals surface area contributed by atoms with Crippen LogP contribution in [0.15, 0.2) is 12.3 Å². The number of hydrogen-bond acceptors (Lipinski definition) is 6. The number of anilines is 1. The number of nitrogens with one attached hydrogen (secondary N) is 1. The standard InChI is InChI=1S/C12H17N3O4/c1-4-9(5-2)14-11-10(15(17)18)6-8(7-13-11)12(16)19-3/h6-7,9H,4-5H2,1-3H3,(H,13,14). The third kappa shape index (κ3) is 3.64. The van der Waals surface area contributed by atoms with Crippen LogP contribution in [0.5, 0.6) is 0 Å². The summed E-state index contributed by atoms with van der Waals surface area (Å²) in [7, 11) is 1.21. The van der Waals surface area contributed by atoms with Gasteiger partial charge in [-0.1, -0.05) is 13.8 Å². The normalized spacial score (nSPS) is 10.3. The van der Waals surface area contributed by atoms with Gasteiger partial charge in [0.15, 0.2) is 0 Å². The molecule has 0 aromatic carbocycles. The monoisotopic (exact) mass is 267 g/mol. The first-order valence-electron chi connectivity index (χ1n) is 6.02. The number of aromatic nitrogens is 1. The molecule has 1 heterocycles. The Morgan fingerprint density at radius 2 is 2.16 bits per heavy atom. The number of carbonyl (C=O) groups is 1. The van der Waals surface area contributed by atoms with Crippen LogP contribution in [0, 0.1) is 10.1 Å². The highest BCUT2D eigenvalue weighted by Crippen LogP contribution is 2.24. The molecule has 0 fully saturated rings. The third-order valence-electron chi connectivity index (χ3n) is 2.81. The number of nitrogens with zero attached hydrogens (tertiary/aromatic N) is 2. The van der Waals surface area contributed by atoms with Gasteiger partial charge in [0, 0.05) is 18.3 Å². The molecule has 0 unspecified atom stereocenters. The van der Waals surface area contributed by atoms with Crippen LogP contribution in [0.3, 0.4) is 0 Å². The molecule has 1 N–H and O–H groups in total. The minimum absolute atomic E-state index is 0.0595. The number of esters is 1. The van der Waals surface area contributed by atoms with Crippen molar-refractivity contribution in [3.63, 3.8) is 0 Å². The zero-order valence-electron chi connectivity index (χ0n) is 11.2. The van der Waals surface area contributed by atoms with Crippen LogP contribution < -0.4 is 5.32 Å². The molecule has 0 amide bonds. The zero-order chi connectivity index (χ0) is 14.4. The summed E-state index contributed by atoms with van der Waals surface area (Å²) in [5.74, 6) is -0.476. The van der Waals surface area contributed by atoms with Gasteiger partial charge in [-0.3, -0.25) is 10.1 Å². The van der Waals surface area contributed by atoms with Gasteiger partial charge in [-0.05, 0) is 12.8 Å². The second kappa shape index (κ2) is 6.67. The first kappa shape index (κ1) is 14.9. The van der Waals surface area contributed by atoms with Gasteiger partial charge in [-0.25, -0.2) is 9.78 Å². The molecule has 0 saturated heterocycles. The number of pyridine rings is 1. The topological polar surface area (TPSA) is 94.4 Å². The van der Waals surface area contributed by atoms with Gasteiger partial charge < -0.3 is 10.1 Å². The summed E-state index contributed by atoms with van der Waals surface area (Å²) in [6.07, 6.45) is 2.92. The highest BCUT2D eigenvalue weighted by molar-refractivity contribution is 5.90. The maximum atomic E-state index is 11.3. The highest BCUT2D eigenvalue weighted by Gasteiger charge is 2.20. The van der Waals surface area contributed by atoms with Crippen molar-refractivity contribution in [3.05, 3.63) is 27.9 Å². The number of rotatable bonds is 6. The molecule has 0 bridgehead atoms.